The maximum atomic E-state index is 4.69. The maximum absolute atomic E-state index is 4.69. The number of aromatic nitrogens is 3. The van der Waals surface area contributed by atoms with E-state index in [4.69, 9.17) is 0 Å². The Kier molecular flexibility index (Phi) is 1.92. The molecule has 0 unspecified atom stereocenters. The Morgan fingerprint density at radius 2 is 2.67 bits per heavy atom. The lowest BCUT2D eigenvalue weighted by molar-refractivity contribution is 0.0848. The smallest absolute Gasteiger partial charge is 0.221 e. The average Bonchev–Trinajstić information content (AvgIpc) is 2.58. The number of anilines is 1. The highest BCUT2D eigenvalue weighted by Crippen LogP contribution is 2.09. The third kappa shape index (κ3) is 1.26. The Morgan fingerprint density at radius 3 is 3.42 bits per heavy atom. The second kappa shape index (κ2) is 3.08. The molecule has 1 aliphatic heterocycles. The first-order valence-electron chi connectivity index (χ1n) is 3.83. The van der Waals surface area contributed by atoms with Crippen LogP contribution in [0.1, 0.15) is 5.82 Å². The predicted molar refractivity (Wildman–Crippen MR) is 42.4 cm³/mol. The van der Waals surface area contributed by atoms with Crippen LogP contribution in [0.2, 0.25) is 0 Å². The molecule has 6 nitrogen and oxygen atoms in total. The van der Waals surface area contributed by atoms with E-state index in [9.17, 15) is 0 Å². The van der Waals surface area contributed by atoms with Crippen LogP contribution in [0, 0.1) is 0 Å². The molecule has 0 atom stereocenters. The lowest BCUT2D eigenvalue weighted by atomic mass is 10.6. The van der Waals surface area contributed by atoms with Gasteiger partial charge in [-0.15, -0.1) is 0 Å². The number of nitrogens with one attached hydrogen (secondary N) is 2. The zero-order valence-electron chi connectivity index (χ0n) is 6.87. The molecular formula is C6H11N5O. The van der Waals surface area contributed by atoms with Crippen molar-refractivity contribution in [1.29, 1.82) is 0 Å². The third-order valence-corrected chi connectivity index (χ3v) is 1.70. The fraction of sp³-hybridized carbons (Fsp3) is 0.667. The summed E-state index contributed by atoms with van der Waals surface area (Å²) in [4.78, 5) is 8.91. The molecule has 0 aromatic carbocycles. The summed E-state index contributed by atoms with van der Waals surface area (Å²) < 4.78 is 1.85. The molecule has 0 spiro atoms. The van der Waals surface area contributed by atoms with Gasteiger partial charge >= 0.3 is 0 Å². The van der Waals surface area contributed by atoms with Crippen LogP contribution < -0.4 is 10.8 Å². The molecule has 1 aromatic rings. The molecule has 1 aliphatic rings. The minimum Gasteiger partial charge on any atom is -0.353 e. The van der Waals surface area contributed by atoms with Crippen LogP contribution in [0.3, 0.4) is 0 Å². The van der Waals surface area contributed by atoms with Crippen molar-refractivity contribution < 1.29 is 4.84 Å². The van der Waals surface area contributed by atoms with Crippen LogP contribution >= 0.6 is 0 Å². The van der Waals surface area contributed by atoms with E-state index >= 15 is 0 Å². The van der Waals surface area contributed by atoms with Gasteiger partial charge in [0.15, 0.2) is 5.82 Å². The van der Waals surface area contributed by atoms with E-state index in [1.54, 1.807) is 7.11 Å². The number of fused-ring (bicyclic) bond motifs is 1. The van der Waals surface area contributed by atoms with Crippen LogP contribution in [-0.2, 0) is 17.9 Å². The van der Waals surface area contributed by atoms with Gasteiger partial charge < -0.3 is 10.2 Å². The fourth-order valence-corrected chi connectivity index (χ4v) is 1.16. The predicted octanol–water partition coefficient (Wildman–Crippen LogP) is -0.645. The number of rotatable bonds is 3. The largest absolute Gasteiger partial charge is 0.353 e. The number of hydrogen-bond acceptors (Lipinski definition) is 5. The second-order valence-electron chi connectivity index (χ2n) is 2.53. The summed E-state index contributed by atoms with van der Waals surface area (Å²) in [5.41, 5.74) is 2.69. The van der Waals surface area contributed by atoms with E-state index in [2.05, 4.69) is 25.7 Å². The van der Waals surface area contributed by atoms with Gasteiger partial charge in [-0.25, -0.2) is 4.68 Å². The van der Waals surface area contributed by atoms with Gasteiger partial charge in [-0.1, -0.05) is 0 Å². The molecule has 2 N–H and O–H groups in total. The van der Waals surface area contributed by atoms with Crippen molar-refractivity contribution in [3.05, 3.63) is 5.82 Å². The Hall–Kier alpha value is -1.14. The van der Waals surface area contributed by atoms with Gasteiger partial charge in [-0.3, -0.25) is 0 Å². The van der Waals surface area contributed by atoms with Gasteiger partial charge in [-0.05, 0) is 0 Å². The first-order chi connectivity index (χ1) is 5.90. The highest BCUT2D eigenvalue weighted by Gasteiger charge is 2.13. The summed E-state index contributed by atoms with van der Waals surface area (Å²) in [6, 6.07) is 0. The lowest BCUT2D eigenvalue weighted by Gasteiger charge is -1.95. The molecule has 0 amide bonds. The van der Waals surface area contributed by atoms with Gasteiger partial charge in [0.2, 0.25) is 5.95 Å². The summed E-state index contributed by atoms with van der Waals surface area (Å²) in [6.45, 7) is 2.36. The molecule has 12 heavy (non-hydrogen) atoms. The molecule has 2 heterocycles. The first-order valence-corrected chi connectivity index (χ1v) is 3.83. The summed E-state index contributed by atoms with van der Waals surface area (Å²) in [7, 11) is 1.57. The van der Waals surface area contributed by atoms with E-state index < -0.39 is 0 Å². The van der Waals surface area contributed by atoms with Crippen molar-refractivity contribution in [3.8, 4) is 0 Å². The SMILES string of the molecule is CONCc1nc2n(n1)CCN2. The van der Waals surface area contributed by atoms with Gasteiger partial charge in [0.25, 0.3) is 0 Å². The van der Waals surface area contributed by atoms with Crippen molar-refractivity contribution in [2.24, 2.45) is 0 Å². The van der Waals surface area contributed by atoms with Crippen molar-refractivity contribution in [2.45, 2.75) is 13.1 Å². The standard InChI is InChI=1S/C6H11N5O/c1-12-8-4-5-9-6-7-2-3-11(6)10-5/h8H,2-4H2,1H3,(H,7,9,10). The van der Waals surface area contributed by atoms with Crippen molar-refractivity contribution in [1.82, 2.24) is 20.2 Å². The van der Waals surface area contributed by atoms with E-state index in [1.807, 2.05) is 4.68 Å². The van der Waals surface area contributed by atoms with Crippen LogP contribution in [0.4, 0.5) is 5.95 Å². The quantitative estimate of drug-likeness (QED) is 0.589. The van der Waals surface area contributed by atoms with Gasteiger partial charge in [0.1, 0.15) is 0 Å². The van der Waals surface area contributed by atoms with Crippen LogP contribution in [0.25, 0.3) is 0 Å². The molecule has 0 saturated heterocycles. The Balaban J connectivity index is 2.05. The molecule has 1 aromatic heterocycles. The van der Waals surface area contributed by atoms with Gasteiger partial charge in [0, 0.05) is 6.54 Å². The zero-order chi connectivity index (χ0) is 8.39. The molecule has 2 rings (SSSR count). The lowest BCUT2D eigenvalue weighted by Crippen LogP contribution is -2.13. The molecule has 66 valence electrons. The molecular weight excluding hydrogens is 158 g/mol. The van der Waals surface area contributed by atoms with Crippen LogP contribution in [-0.4, -0.2) is 28.4 Å². The van der Waals surface area contributed by atoms with Crippen molar-refractivity contribution >= 4 is 5.95 Å². The minimum absolute atomic E-state index is 0.540. The van der Waals surface area contributed by atoms with Gasteiger partial charge in [-0.2, -0.15) is 15.6 Å². The maximum Gasteiger partial charge on any atom is 0.221 e. The van der Waals surface area contributed by atoms with E-state index in [1.165, 1.54) is 0 Å². The average molecular weight is 169 g/mol. The van der Waals surface area contributed by atoms with Gasteiger partial charge in [0.05, 0.1) is 20.2 Å². The summed E-state index contributed by atoms with van der Waals surface area (Å²) in [6.07, 6.45) is 0. The molecule has 0 aliphatic carbocycles. The highest BCUT2D eigenvalue weighted by molar-refractivity contribution is 5.28. The summed E-state index contributed by atoms with van der Waals surface area (Å²) >= 11 is 0. The first kappa shape index (κ1) is 7.51. The van der Waals surface area contributed by atoms with Crippen LogP contribution in [0.5, 0.6) is 0 Å². The van der Waals surface area contributed by atoms with Crippen molar-refractivity contribution in [3.63, 3.8) is 0 Å². The monoisotopic (exact) mass is 169 g/mol. The second-order valence-corrected chi connectivity index (χ2v) is 2.53. The van der Waals surface area contributed by atoms with E-state index in [0.29, 0.717) is 6.54 Å². The zero-order valence-corrected chi connectivity index (χ0v) is 6.87. The normalized spacial score (nSPS) is 14.4. The molecule has 0 fully saturated rings. The third-order valence-electron chi connectivity index (χ3n) is 1.70. The Bertz CT molecular complexity index is 249. The number of hydroxylamine groups is 1. The molecule has 0 saturated carbocycles. The molecule has 6 heteroatoms. The highest BCUT2D eigenvalue weighted by atomic mass is 16.6. The van der Waals surface area contributed by atoms with E-state index in [-0.39, 0.29) is 0 Å². The summed E-state index contributed by atoms with van der Waals surface area (Å²) in [5.74, 6) is 1.60. The minimum atomic E-state index is 0.540. The van der Waals surface area contributed by atoms with E-state index in [0.717, 1.165) is 24.9 Å². The van der Waals surface area contributed by atoms with Crippen LogP contribution in [0.15, 0.2) is 0 Å². The number of hydrogen-bond donors (Lipinski definition) is 2. The fourth-order valence-electron chi connectivity index (χ4n) is 1.16. The Labute approximate surface area is 69.9 Å². The molecule has 0 bridgehead atoms. The van der Waals surface area contributed by atoms with Crippen molar-refractivity contribution in [2.75, 3.05) is 19.0 Å². The Morgan fingerprint density at radius 1 is 1.75 bits per heavy atom. The molecule has 0 radical (unpaired) electrons. The number of nitrogens with zero attached hydrogens (tertiary/aromatic N) is 3. The topological polar surface area (TPSA) is 64.0 Å². The summed E-state index contributed by atoms with van der Waals surface area (Å²) in [5, 5.41) is 7.35.